The van der Waals surface area contributed by atoms with Crippen molar-refractivity contribution in [2.75, 3.05) is 6.61 Å². The van der Waals surface area contributed by atoms with Crippen molar-refractivity contribution in [3.8, 4) is 11.1 Å². The molecule has 1 saturated carbocycles. The van der Waals surface area contributed by atoms with E-state index in [1.54, 1.807) is 16.8 Å². The average Bonchev–Trinajstić information content (AvgIpc) is 3.60. The fourth-order valence-electron chi connectivity index (χ4n) is 5.96. The van der Waals surface area contributed by atoms with Crippen molar-refractivity contribution < 1.29 is 18.7 Å². The van der Waals surface area contributed by atoms with Gasteiger partial charge in [0.2, 0.25) is 0 Å². The van der Waals surface area contributed by atoms with Gasteiger partial charge in [0.05, 0.1) is 28.6 Å². The second kappa shape index (κ2) is 11.0. The maximum absolute atomic E-state index is 14.0. The molecule has 2 aromatic heterocycles. The molecule has 1 aliphatic heterocycles. The number of imidazole rings is 1. The summed E-state index contributed by atoms with van der Waals surface area (Å²) in [7, 11) is -1.73. The van der Waals surface area contributed by atoms with Gasteiger partial charge in [-0.05, 0) is 60.0 Å². The van der Waals surface area contributed by atoms with Crippen LogP contribution in [0.2, 0.25) is 28.2 Å². The van der Waals surface area contributed by atoms with E-state index in [0.29, 0.717) is 38.5 Å². The molecule has 2 aliphatic rings. The first kappa shape index (κ1) is 30.3. The van der Waals surface area contributed by atoms with Gasteiger partial charge in [-0.1, -0.05) is 68.2 Å². The van der Waals surface area contributed by atoms with Crippen molar-refractivity contribution in [1.29, 1.82) is 0 Å². The summed E-state index contributed by atoms with van der Waals surface area (Å²) >= 11 is 13.6. The number of rotatable bonds is 8. The highest BCUT2D eigenvalue weighted by Gasteiger charge is 2.39. The largest absolute Gasteiger partial charge is 0.479 e. The van der Waals surface area contributed by atoms with E-state index in [0.717, 1.165) is 30.6 Å². The third kappa shape index (κ3) is 5.54. The van der Waals surface area contributed by atoms with E-state index in [1.807, 2.05) is 0 Å². The SMILES string of the molecule is CC(C)(C)[Si](C)(C)OCC1CC(c2ccc(-c3cc(Cl)c4cn(C(C(=O)O)c5ncn6c5C[C@@H](F)C6)nc4c3Cl)cc2)C1. The Bertz CT molecular complexity index is 1690. The zero-order valence-electron chi connectivity index (χ0n) is 25.1. The van der Waals surface area contributed by atoms with E-state index in [2.05, 4.69) is 68.2 Å². The number of carbonyl (C=O) groups is 1. The summed E-state index contributed by atoms with van der Waals surface area (Å²) in [5, 5.41) is 16.3. The first-order chi connectivity index (χ1) is 20.2. The molecular formula is C32H37Cl2FN4O3Si. The van der Waals surface area contributed by atoms with Crippen molar-refractivity contribution in [3.05, 3.63) is 69.9 Å². The van der Waals surface area contributed by atoms with Gasteiger partial charge in [-0.3, -0.25) is 4.68 Å². The van der Waals surface area contributed by atoms with E-state index in [-0.39, 0.29) is 23.7 Å². The summed E-state index contributed by atoms with van der Waals surface area (Å²) in [4.78, 5) is 16.7. The number of alkyl halides is 1. The standard InChI is InChI=1S/C32H37Cl2FN4O3Si/c1-32(2,3)43(4,5)42-16-18-10-21(11-18)19-6-8-20(9-7-19)23-13-25(33)24-15-39(37-28(24)27(23)34)30(31(40)41)29-26-12-22(35)14-38(26)17-36-29/h6-9,13,15,17-18,21-22,30H,10-12,14,16H2,1-5H3,(H,40,41)/t18?,21?,22-,30?/m1/s1. The predicted molar refractivity (Wildman–Crippen MR) is 170 cm³/mol. The van der Waals surface area contributed by atoms with Gasteiger partial charge in [0, 0.05) is 35.9 Å². The lowest BCUT2D eigenvalue weighted by Crippen LogP contribution is -2.43. The van der Waals surface area contributed by atoms with Crippen LogP contribution in [0, 0.1) is 5.92 Å². The quantitative estimate of drug-likeness (QED) is 0.196. The third-order valence-corrected chi connectivity index (χ3v) is 14.9. The molecule has 1 unspecified atom stereocenters. The fourth-order valence-corrected chi connectivity index (χ4v) is 7.60. The lowest BCUT2D eigenvalue weighted by Gasteiger charge is -2.41. The lowest BCUT2D eigenvalue weighted by atomic mass is 9.72. The number of aromatic nitrogens is 4. The minimum absolute atomic E-state index is 0.119. The zero-order chi connectivity index (χ0) is 30.8. The van der Waals surface area contributed by atoms with E-state index in [9.17, 15) is 14.3 Å². The number of carboxylic acids is 1. The number of hydrogen-bond acceptors (Lipinski definition) is 4. The minimum atomic E-state index is -1.73. The summed E-state index contributed by atoms with van der Waals surface area (Å²) in [5.74, 6) is -0.0328. The van der Waals surface area contributed by atoms with Crippen molar-refractivity contribution >= 4 is 48.4 Å². The maximum atomic E-state index is 14.0. The topological polar surface area (TPSA) is 82.2 Å². The molecular weight excluding hydrogens is 606 g/mol. The van der Waals surface area contributed by atoms with Crippen molar-refractivity contribution in [3.63, 3.8) is 0 Å². The molecule has 228 valence electrons. The maximum Gasteiger partial charge on any atom is 0.334 e. The van der Waals surface area contributed by atoms with E-state index in [1.165, 1.54) is 16.6 Å². The number of halogens is 3. The van der Waals surface area contributed by atoms with E-state index >= 15 is 0 Å². The van der Waals surface area contributed by atoms with Crippen LogP contribution in [0.3, 0.4) is 0 Å². The van der Waals surface area contributed by atoms with Gasteiger partial charge >= 0.3 is 5.97 Å². The Morgan fingerprint density at radius 2 is 1.91 bits per heavy atom. The molecule has 11 heteroatoms. The van der Waals surface area contributed by atoms with Gasteiger partial charge < -0.3 is 14.1 Å². The number of hydrogen-bond donors (Lipinski definition) is 1. The number of fused-ring (bicyclic) bond motifs is 2. The Labute approximate surface area is 262 Å². The highest BCUT2D eigenvalue weighted by atomic mass is 35.5. The van der Waals surface area contributed by atoms with Gasteiger partial charge in [-0.15, -0.1) is 0 Å². The Kier molecular flexibility index (Phi) is 7.76. The highest BCUT2D eigenvalue weighted by Crippen LogP contribution is 2.45. The first-order valence-corrected chi connectivity index (χ1v) is 18.4. The van der Waals surface area contributed by atoms with Crippen molar-refractivity contribution in [1.82, 2.24) is 19.3 Å². The van der Waals surface area contributed by atoms with Gasteiger partial charge in [0.1, 0.15) is 11.7 Å². The average molecular weight is 644 g/mol. The normalized spacial score (nSPS) is 21.2. The third-order valence-electron chi connectivity index (χ3n) is 9.67. The van der Waals surface area contributed by atoms with Gasteiger partial charge in [-0.25, -0.2) is 14.2 Å². The molecule has 0 radical (unpaired) electrons. The van der Waals surface area contributed by atoms with Crippen LogP contribution in [0.1, 0.15) is 62.5 Å². The van der Waals surface area contributed by atoms with E-state index in [4.69, 9.17) is 27.6 Å². The van der Waals surface area contributed by atoms with Crippen LogP contribution in [-0.2, 0) is 22.2 Å². The van der Waals surface area contributed by atoms with Crippen LogP contribution >= 0.6 is 23.2 Å². The summed E-state index contributed by atoms with van der Waals surface area (Å²) in [6, 6.07) is 8.96. The highest BCUT2D eigenvalue weighted by molar-refractivity contribution is 6.74. The first-order valence-electron chi connectivity index (χ1n) is 14.8. The molecule has 1 N–H and O–H groups in total. The number of carboxylic acid groups (broad SMARTS) is 1. The zero-order valence-corrected chi connectivity index (χ0v) is 27.6. The van der Waals surface area contributed by atoms with Crippen LogP contribution < -0.4 is 0 Å². The Hall–Kier alpha value is -2.72. The molecule has 43 heavy (non-hydrogen) atoms. The molecule has 3 heterocycles. The fraction of sp³-hybridized carbons (Fsp3) is 0.469. The van der Waals surface area contributed by atoms with Gasteiger partial charge in [0.25, 0.3) is 0 Å². The van der Waals surface area contributed by atoms with Crippen LogP contribution in [-0.4, -0.2) is 51.5 Å². The van der Waals surface area contributed by atoms with Crippen LogP contribution in [0.5, 0.6) is 0 Å². The predicted octanol–water partition coefficient (Wildman–Crippen LogP) is 8.29. The summed E-state index contributed by atoms with van der Waals surface area (Å²) in [6.07, 6.45) is 4.37. The second-order valence-corrected chi connectivity index (χ2v) is 19.2. The molecule has 4 aromatic rings. The van der Waals surface area contributed by atoms with Gasteiger partial charge in [0.15, 0.2) is 14.4 Å². The molecule has 6 rings (SSSR count). The lowest BCUT2D eigenvalue weighted by molar-refractivity contribution is -0.139. The molecule has 1 fully saturated rings. The molecule has 7 nitrogen and oxygen atoms in total. The molecule has 2 aromatic carbocycles. The summed E-state index contributed by atoms with van der Waals surface area (Å²) in [5.41, 5.74) is 4.17. The van der Waals surface area contributed by atoms with Crippen LogP contribution in [0.4, 0.5) is 4.39 Å². The Morgan fingerprint density at radius 1 is 1.21 bits per heavy atom. The molecule has 0 spiro atoms. The number of aliphatic carboxylic acids is 1. The van der Waals surface area contributed by atoms with Crippen molar-refractivity contribution in [2.24, 2.45) is 5.92 Å². The van der Waals surface area contributed by atoms with Crippen molar-refractivity contribution in [2.45, 2.75) is 82.8 Å². The minimum Gasteiger partial charge on any atom is -0.479 e. The summed E-state index contributed by atoms with van der Waals surface area (Å²) in [6.45, 7) is 12.4. The molecule has 0 saturated heterocycles. The molecule has 2 atom stereocenters. The number of benzene rings is 2. The molecule has 0 amide bonds. The Morgan fingerprint density at radius 3 is 2.56 bits per heavy atom. The van der Waals surface area contributed by atoms with E-state index < -0.39 is 26.5 Å². The Balaban J connectivity index is 1.21. The molecule has 0 bridgehead atoms. The monoisotopic (exact) mass is 642 g/mol. The summed E-state index contributed by atoms with van der Waals surface area (Å²) < 4.78 is 23.5. The van der Waals surface area contributed by atoms with Gasteiger partial charge in [-0.2, -0.15) is 5.10 Å². The smallest absolute Gasteiger partial charge is 0.334 e. The van der Waals surface area contributed by atoms with Crippen LogP contribution in [0.25, 0.3) is 22.0 Å². The second-order valence-electron chi connectivity index (χ2n) is 13.6. The number of nitrogens with zero attached hydrogens (tertiary/aromatic N) is 4. The molecule has 1 aliphatic carbocycles. The van der Waals surface area contributed by atoms with Crippen LogP contribution in [0.15, 0.2) is 42.9 Å².